The highest BCUT2D eigenvalue weighted by atomic mass is 19.4. The lowest BCUT2D eigenvalue weighted by molar-refractivity contribution is -0.307. The van der Waals surface area contributed by atoms with Gasteiger partial charge < -0.3 is 4.74 Å². The summed E-state index contributed by atoms with van der Waals surface area (Å²) in [5.41, 5.74) is 0. The molecule has 0 N–H and O–H groups in total. The topological polar surface area (TPSA) is 9.23 Å². The fourth-order valence-corrected chi connectivity index (χ4v) is 1.05. The molecule has 11 heteroatoms. The van der Waals surface area contributed by atoms with Crippen LogP contribution in [0.2, 0.25) is 0 Å². The highest BCUT2D eigenvalue weighted by molar-refractivity contribution is 4.84. The maximum absolute atomic E-state index is 12.6. The highest BCUT2D eigenvalue weighted by Crippen LogP contribution is 2.34. The third kappa shape index (κ3) is 5.41. The van der Waals surface area contributed by atoms with Crippen LogP contribution in [0.4, 0.5) is 43.9 Å². The summed E-state index contributed by atoms with van der Waals surface area (Å²) >= 11 is 0. The summed E-state index contributed by atoms with van der Waals surface area (Å²) in [7, 11) is 0. The predicted octanol–water partition coefficient (Wildman–Crippen LogP) is 3.48. The van der Waals surface area contributed by atoms with Gasteiger partial charge in [0, 0.05) is 0 Å². The van der Waals surface area contributed by atoms with Crippen molar-refractivity contribution in [3.63, 3.8) is 0 Å². The zero-order chi connectivity index (χ0) is 15.4. The van der Waals surface area contributed by atoms with Crippen molar-refractivity contribution >= 4 is 0 Å². The Labute approximate surface area is 100 Å². The first-order valence-electron chi connectivity index (χ1n) is 4.64. The molecular formula is C8H8F10O. The van der Waals surface area contributed by atoms with Crippen LogP contribution in [-0.4, -0.2) is 50.3 Å². The number of rotatable bonds is 6. The molecule has 0 rings (SSSR count). The molecule has 1 nitrogen and oxygen atoms in total. The van der Waals surface area contributed by atoms with Crippen LogP contribution in [0.1, 0.15) is 0 Å². The van der Waals surface area contributed by atoms with E-state index in [1.54, 1.807) is 0 Å². The van der Waals surface area contributed by atoms with Gasteiger partial charge in [0.1, 0.15) is 13.3 Å². The smallest absolute Gasteiger partial charge is 0.350 e. The first-order valence-corrected chi connectivity index (χ1v) is 4.64. The van der Waals surface area contributed by atoms with E-state index in [0.717, 1.165) is 0 Å². The molecule has 0 amide bonds. The van der Waals surface area contributed by atoms with Gasteiger partial charge in [-0.3, -0.25) is 0 Å². The molecule has 0 fully saturated rings. The fraction of sp³-hybridized carbons (Fsp3) is 1.00. The van der Waals surface area contributed by atoms with Gasteiger partial charge in [0.15, 0.2) is 24.6 Å². The van der Waals surface area contributed by atoms with E-state index in [1.807, 2.05) is 0 Å². The van der Waals surface area contributed by atoms with Crippen LogP contribution in [-0.2, 0) is 4.74 Å². The lowest BCUT2D eigenvalue weighted by atomic mass is 10.2. The van der Waals surface area contributed by atoms with Crippen LogP contribution < -0.4 is 0 Å². The number of halogens is 10. The summed E-state index contributed by atoms with van der Waals surface area (Å²) in [4.78, 5) is 0. The zero-order valence-electron chi connectivity index (χ0n) is 8.91. The van der Waals surface area contributed by atoms with Crippen LogP contribution in [0.15, 0.2) is 0 Å². The van der Waals surface area contributed by atoms with Gasteiger partial charge in [0.05, 0.1) is 0 Å². The number of alkyl halides is 10. The summed E-state index contributed by atoms with van der Waals surface area (Å²) in [5, 5.41) is 0. The van der Waals surface area contributed by atoms with Crippen molar-refractivity contribution < 1.29 is 48.6 Å². The largest absolute Gasteiger partial charge is 0.417 e. The summed E-state index contributed by atoms with van der Waals surface area (Å²) < 4.78 is 125. The third-order valence-electron chi connectivity index (χ3n) is 1.89. The van der Waals surface area contributed by atoms with E-state index in [1.165, 1.54) is 0 Å². The van der Waals surface area contributed by atoms with E-state index in [9.17, 15) is 43.9 Å². The zero-order valence-corrected chi connectivity index (χ0v) is 8.91. The first-order chi connectivity index (χ1) is 8.45. The van der Waals surface area contributed by atoms with Crippen LogP contribution in [0, 0.1) is 0 Å². The molecule has 0 radical (unpaired) electrons. The Morgan fingerprint density at radius 1 is 0.684 bits per heavy atom. The summed E-state index contributed by atoms with van der Waals surface area (Å²) in [6.45, 7) is -4.58. The monoisotopic (exact) mass is 310 g/mol. The average molecular weight is 310 g/mol. The van der Waals surface area contributed by atoms with Crippen LogP contribution in [0.3, 0.4) is 0 Å². The summed E-state index contributed by atoms with van der Waals surface area (Å²) in [6.07, 6.45) is -26.0. The van der Waals surface area contributed by atoms with E-state index in [2.05, 4.69) is 4.74 Å². The molecular weight excluding hydrogens is 302 g/mol. The van der Waals surface area contributed by atoms with E-state index in [0.29, 0.717) is 0 Å². The number of ether oxygens (including phenoxy) is 1. The molecule has 4 unspecified atom stereocenters. The van der Waals surface area contributed by atoms with Gasteiger partial charge in [-0.25, -0.2) is 17.6 Å². The second-order valence-corrected chi connectivity index (χ2v) is 3.40. The van der Waals surface area contributed by atoms with Crippen LogP contribution in [0.25, 0.3) is 0 Å². The Morgan fingerprint density at radius 2 is 0.947 bits per heavy atom. The molecule has 0 aromatic heterocycles. The molecule has 0 heterocycles. The minimum Gasteiger partial charge on any atom is -0.350 e. The van der Waals surface area contributed by atoms with Gasteiger partial charge in [0.2, 0.25) is 0 Å². The molecule has 0 aliphatic carbocycles. The van der Waals surface area contributed by atoms with Crippen molar-refractivity contribution in [1.29, 1.82) is 0 Å². The number of hydrogen-bond donors (Lipinski definition) is 0. The van der Waals surface area contributed by atoms with E-state index < -0.39 is 50.3 Å². The summed E-state index contributed by atoms with van der Waals surface area (Å²) in [5.74, 6) is 0. The van der Waals surface area contributed by atoms with Gasteiger partial charge >= 0.3 is 12.4 Å². The van der Waals surface area contributed by atoms with Crippen molar-refractivity contribution in [2.45, 2.75) is 36.9 Å². The maximum Gasteiger partial charge on any atom is 0.417 e. The second-order valence-electron chi connectivity index (χ2n) is 3.40. The van der Waals surface area contributed by atoms with Gasteiger partial charge in [-0.15, -0.1) is 0 Å². The fourth-order valence-electron chi connectivity index (χ4n) is 1.05. The van der Waals surface area contributed by atoms with Crippen LogP contribution >= 0.6 is 0 Å². The Balaban J connectivity index is 5.16. The molecule has 0 aliphatic rings. The van der Waals surface area contributed by atoms with E-state index in [4.69, 9.17) is 0 Å². The molecule has 0 spiro atoms. The minimum atomic E-state index is -5.70. The van der Waals surface area contributed by atoms with Gasteiger partial charge in [-0.05, 0) is 0 Å². The van der Waals surface area contributed by atoms with Crippen molar-refractivity contribution in [1.82, 2.24) is 0 Å². The Morgan fingerprint density at radius 3 is 1.11 bits per heavy atom. The molecule has 0 saturated carbocycles. The van der Waals surface area contributed by atoms with Crippen molar-refractivity contribution in [2.75, 3.05) is 13.3 Å². The molecule has 4 atom stereocenters. The summed E-state index contributed by atoms with van der Waals surface area (Å²) in [6, 6.07) is 0. The SMILES string of the molecule is FCC(F)C(OC(C(F)CF)C(F)(F)F)C(F)(F)F. The van der Waals surface area contributed by atoms with Crippen LogP contribution in [0.5, 0.6) is 0 Å². The number of hydrogen-bond acceptors (Lipinski definition) is 1. The van der Waals surface area contributed by atoms with Crippen molar-refractivity contribution in [3.05, 3.63) is 0 Å². The van der Waals surface area contributed by atoms with Gasteiger partial charge in [-0.2, -0.15) is 26.3 Å². The third-order valence-corrected chi connectivity index (χ3v) is 1.89. The highest BCUT2D eigenvalue weighted by Gasteiger charge is 2.54. The van der Waals surface area contributed by atoms with Gasteiger partial charge in [-0.1, -0.05) is 0 Å². The van der Waals surface area contributed by atoms with E-state index in [-0.39, 0.29) is 0 Å². The first kappa shape index (κ1) is 18.3. The molecule has 0 aromatic rings. The Bertz CT molecular complexity index is 235. The molecule has 19 heavy (non-hydrogen) atoms. The van der Waals surface area contributed by atoms with Gasteiger partial charge in [0.25, 0.3) is 0 Å². The molecule has 0 aromatic carbocycles. The predicted molar refractivity (Wildman–Crippen MR) is 42.5 cm³/mol. The standard InChI is InChI=1S/C8H8F10O/c9-1-3(11)5(7(13,14)15)19-6(4(12)2-10)8(16,17)18/h3-6H,1-2H2. The minimum absolute atomic E-state index is 2.29. The Kier molecular flexibility index (Phi) is 6.36. The Hall–Kier alpha value is -0.740. The molecule has 0 saturated heterocycles. The molecule has 0 aliphatic heterocycles. The maximum atomic E-state index is 12.6. The van der Waals surface area contributed by atoms with Crippen molar-refractivity contribution in [3.8, 4) is 0 Å². The molecule has 116 valence electrons. The second kappa shape index (κ2) is 6.62. The lowest BCUT2D eigenvalue weighted by Crippen LogP contribution is -2.50. The quantitative estimate of drug-likeness (QED) is 0.683. The van der Waals surface area contributed by atoms with Crippen molar-refractivity contribution in [2.24, 2.45) is 0 Å². The normalized spacial score (nSPS) is 19.9. The average Bonchev–Trinajstić information content (AvgIpc) is 2.24. The lowest BCUT2D eigenvalue weighted by Gasteiger charge is -2.29. The molecule has 0 bridgehead atoms. The van der Waals surface area contributed by atoms with E-state index >= 15 is 0 Å².